The molecular formula is C13H12ClNO5. The lowest BCUT2D eigenvalue weighted by Gasteiger charge is -2.06. The number of carboxylic acid groups (broad SMARTS) is 1. The third-order valence-corrected chi connectivity index (χ3v) is 2.26. The lowest BCUT2D eigenvalue weighted by molar-refractivity contribution is -0.210. The minimum absolute atomic E-state index is 0.357. The van der Waals surface area contributed by atoms with E-state index < -0.39 is 11.9 Å². The second-order valence-corrected chi connectivity index (χ2v) is 4.03. The van der Waals surface area contributed by atoms with E-state index in [0.717, 1.165) is 12.3 Å². The fourth-order valence-corrected chi connectivity index (χ4v) is 1.50. The number of carboxylic acids is 1. The molecule has 0 bridgehead atoms. The van der Waals surface area contributed by atoms with E-state index in [4.69, 9.17) is 26.4 Å². The van der Waals surface area contributed by atoms with Crippen LogP contribution in [0, 0.1) is 0 Å². The molecule has 6 nitrogen and oxygen atoms in total. The zero-order chi connectivity index (χ0) is 15.1. The number of benzene rings is 1. The molecule has 1 aromatic carbocycles. The van der Waals surface area contributed by atoms with Gasteiger partial charge in [-0.1, -0.05) is 11.6 Å². The van der Waals surface area contributed by atoms with Crippen LogP contribution in [0.2, 0.25) is 5.02 Å². The number of hydrogen-bond donors (Lipinski definition) is 1. The van der Waals surface area contributed by atoms with Crippen LogP contribution < -0.4 is 4.89 Å². The Hall–Kier alpha value is -2.34. The first kappa shape index (κ1) is 15.7. The topological polar surface area (TPSA) is 85.7 Å². The Labute approximate surface area is 119 Å². The van der Waals surface area contributed by atoms with Gasteiger partial charge in [0.1, 0.15) is 5.52 Å². The van der Waals surface area contributed by atoms with E-state index >= 15 is 0 Å². The molecule has 20 heavy (non-hydrogen) atoms. The van der Waals surface area contributed by atoms with Gasteiger partial charge in [-0.05, 0) is 24.3 Å². The van der Waals surface area contributed by atoms with Crippen molar-refractivity contribution in [2.45, 2.75) is 13.8 Å². The molecular weight excluding hydrogens is 286 g/mol. The molecule has 0 saturated carbocycles. The molecule has 0 amide bonds. The zero-order valence-electron chi connectivity index (χ0n) is 10.8. The number of carbonyl (C=O) groups is 2. The summed E-state index contributed by atoms with van der Waals surface area (Å²) >= 11 is 5.99. The van der Waals surface area contributed by atoms with Crippen LogP contribution in [0.3, 0.4) is 0 Å². The van der Waals surface area contributed by atoms with Gasteiger partial charge in [0.25, 0.3) is 5.97 Å². The Balaban J connectivity index is 0.000000444. The summed E-state index contributed by atoms with van der Waals surface area (Å²) < 4.78 is 0. The highest BCUT2D eigenvalue weighted by Gasteiger charge is 2.08. The molecule has 0 spiro atoms. The van der Waals surface area contributed by atoms with Crippen LogP contribution in [0.25, 0.3) is 10.9 Å². The lowest BCUT2D eigenvalue weighted by atomic mass is 10.2. The molecule has 0 saturated heterocycles. The minimum atomic E-state index is -0.833. The van der Waals surface area contributed by atoms with Crippen molar-refractivity contribution in [1.29, 1.82) is 0 Å². The Bertz CT molecular complexity index is 625. The van der Waals surface area contributed by atoms with Crippen LogP contribution in [0.4, 0.5) is 0 Å². The molecule has 0 aliphatic carbocycles. The Morgan fingerprint density at radius 2 is 1.90 bits per heavy atom. The van der Waals surface area contributed by atoms with Crippen molar-refractivity contribution in [3.05, 3.63) is 35.5 Å². The maximum absolute atomic E-state index is 10.6. The van der Waals surface area contributed by atoms with Crippen LogP contribution in [0.15, 0.2) is 30.5 Å². The standard InChI is InChI=1S/C11H8ClNO3.C2H4O2/c1-7(14)15-16-10-5-4-9(12)8-3-2-6-13-11(8)10;1-2(3)4/h2-6H,1H3;1H3,(H,3,4). The molecule has 2 aromatic rings. The van der Waals surface area contributed by atoms with Gasteiger partial charge >= 0.3 is 5.97 Å². The average Bonchev–Trinajstić information content (AvgIpc) is 2.37. The second-order valence-electron chi connectivity index (χ2n) is 3.62. The SMILES string of the molecule is CC(=O)O.CC(=O)OOc1ccc(Cl)c2cccnc12. The number of nitrogens with zero attached hydrogens (tertiary/aromatic N) is 1. The monoisotopic (exact) mass is 297 g/mol. The fourth-order valence-electron chi connectivity index (χ4n) is 1.28. The first-order valence-electron chi connectivity index (χ1n) is 5.49. The lowest BCUT2D eigenvalue weighted by Crippen LogP contribution is -2.03. The van der Waals surface area contributed by atoms with Gasteiger partial charge in [0.05, 0.1) is 5.02 Å². The third kappa shape index (κ3) is 4.74. The minimum Gasteiger partial charge on any atom is -0.481 e. The van der Waals surface area contributed by atoms with Gasteiger partial charge < -0.3 is 5.11 Å². The van der Waals surface area contributed by atoms with Crippen LogP contribution in [0.1, 0.15) is 13.8 Å². The Kier molecular flexibility index (Phi) is 5.74. The van der Waals surface area contributed by atoms with Crippen LogP contribution >= 0.6 is 11.6 Å². The van der Waals surface area contributed by atoms with Crippen LogP contribution in [0.5, 0.6) is 5.75 Å². The van der Waals surface area contributed by atoms with Crippen molar-refractivity contribution in [3.8, 4) is 5.75 Å². The van der Waals surface area contributed by atoms with Crippen molar-refractivity contribution in [2.75, 3.05) is 0 Å². The molecule has 7 heteroatoms. The molecule has 106 valence electrons. The van der Waals surface area contributed by atoms with Crippen molar-refractivity contribution >= 4 is 34.4 Å². The van der Waals surface area contributed by atoms with Gasteiger partial charge in [-0.25, -0.2) is 4.79 Å². The molecule has 0 radical (unpaired) electrons. The number of pyridine rings is 1. The Morgan fingerprint density at radius 3 is 2.50 bits per heavy atom. The number of rotatable bonds is 2. The van der Waals surface area contributed by atoms with Gasteiger partial charge in [-0.3, -0.25) is 19.6 Å². The molecule has 1 heterocycles. The van der Waals surface area contributed by atoms with Crippen molar-refractivity contribution in [3.63, 3.8) is 0 Å². The summed E-state index contributed by atoms with van der Waals surface area (Å²) in [7, 11) is 0. The van der Waals surface area contributed by atoms with Crippen LogP contribution in [-0.2, 0) is 14.5 Å². The molecule has 2 rings (SSSR count). The molecule has 1 aromatic heterocycles. The summed E-state index contributed by atoms with van der Waals surface area (Å²) in [6, 6.07) is 6.83. The molecule has 0 atom stereocenters. The molecule has 0 aliphatic rings. The molecule has 1 N–H and O–H groups in total. The number of aromatic nitrogens is 1. The van der Waals surface area contributed by atoms with Gasteiger partial charge in [0.15, 0.2) is 0 Å². The Morgan fingerprint density at radius 1 is 1.25 bits per heavy atom. The number of fused-ring (bicyclic) bond motifs is 1. The first-order valence-corrected chi connectivity index (χ1v) is 5.87. The highest BCUT2D eigenvalue weighted by Crippen LogP contribution is 2.29. The maximum atomic E-state index is 10.6. The average molecular weight is 298 g/mol. The second kappa shape index (κ2) is 7.30. The van der Waals surface area contributed by atoms with E-state index in [0.29, 0.717) is 16.3 Å². The predicted molar refractivity (Wildman–Crippen MR) is 72.5 cm³/mol. The van der Waals surface area contributed by atoms with E-state index in [-0.39, 0.29) is 0 Å². The van der Waals surface area contributed by atoms with Gasteiger partial charge in [-0.15, -0.1) is 0 Å². The summed E-state index contributed by atoms with van der Waals surface area (Å²) in [4.78, 5) is 33.1. The highest BCUT2D eigenvalue weighted by molar-refractivity contribution is 6.35. The van der Waals surface area contributed by atoms with Crippen LogP contribution in [-0.4, -0.2) is 22.0 Å². The summed E-state index contributed by atoms with van der Waals surface area (Å²) in [5, 5.41) is 8.73. The fraction of sp³-hybridized carbons (Fsp3) is 0.154. The van der Waals surface area contributed by atoms with E-state index in [9.17, 15) is 4.79 Å². The van der Waals surface area contributed by atoms with Gasteiger partial charge in [0.2, 0.25) is 5.75 Å². The summed E-state index contributed by atoms with van der Waals surface area (Å²) in [5.74, 6) is -1.01. The number of halogens is 1. The third-order valence-electron chi connectivity index (χ3n) is 1.93. The smallest absolute Gasteiger partial charge is 0.352 e. The molecule has 0 aliphatic heterocycles. The van der Waals surface area contributed by atoms with E-state index in [1.807, 2.05) is 6.07 Å². The van der Waals surface area contributed by atoms with Crippen molar-refractivity contribution in [1.82, 2.24) is 4.98 Å². The number of carbonyl (C=O) groups excluding carboxylic acids is 1. The summed E-state index contributed by atoms with van der Waals surface area (Å²) in [6.07, 6.45) is 1.61. The summed E-state index contributed by atoms with van der Waals surface area (Å²) in [5.41, 5.74) is 0.552. The summed E-state index contributed by atoms with van der Waals surface area (Å²) in [6.45, 7) is 2.34. The quantitative estimate of drug-likeness (QED) is 0.677. The number of hydrogen-bond acceptors (Lipinski definition) is 5. The van der Waals surface area contributed by atoms with E-state index in [1.54, 1.807) is 24.4 Å². The number of aliphatic carboxylic acids is 1. The van der Waals surface area contributed by atoms with Crippen molar-refractivity contribution < 1.29 is 24.5 Å². The molecule has 0 fully saturated rings. The van der Waals surface area contributed by atoms with Gasteiger partial charge in [-0.2, -0.15) is 0 Å². The van der Waals surface area contributed by atoms with E-state index in [2.05, 4.69) is 9.87 Å². The predicted octanol–water partition coefficient (Wildman–Crippen LogP) is 2.84. The maximum Gasteiger partial charge on any atom is 0.352 e. The molecule has 0 unspecified atom stereocenters. The van der Waals surface area contributed by atoms with Gasteiger partial charge in [0, 0.05) is 25.4 Å². The van der Waals surface area contributed by atoms with E-state index in [1.165, 1.54) is 6.92 Å². The zero-order valence-corrected chi connectivity index (χ0v) is 11.5. The normalized spacial score (nSPS) is 9.35. The first-order chi connectivity index (χ1) is 9.41. The largest absolute Gasteiger partial charge is 0.481 e. The highest BCUT2D eigenvalue weighted by atomic mass is 35.5. The van der Waals surface area contributed by atoms with Crippen molar-refractivity contribution in [2.24, 2.45) is 0 Å².